The smallest absolute Gasteiger partial charge is 0.0721 e. The Balaban J connectivity index is 1.80. The van der Waals surface area contributed by atoms with Gasteiger partial charge in [-0.3, -0.25) is 0 Å². The van der Waals surface area contributed by atoms with Gasteiger partial charge in [-0.1, -0.05) is 55.5 Å². The minimum Gasteiger partial charge on any atom is -0.373 e. The molecule has 1 aliphatic rings. The summed E-state index contributed by atoms with van der Waals surface area (Å²) >= 11 is 0. The zero-order valence-corrected chi connectivity index (χ0v) is 14.1. The molecule has 0 unspecified atom stereocenters. The van der Waals surface area contributed by atoms with Crippen LogP contribution in [0.2, 0.25) is 0 Å². The third-order valence-corrected chi connectivity index (χ3v) is 4.59. The molecule has 0 spiro atoms. The van der Waals surface area contributed by atoms with Crippen molar-refractivity contribution in [1.82, 2.24) is 0 Å². The molecule has 1 aromatic rings. The lowest BCUT2D eigenvalue weighted by Crippen LogP contribution is -2.11. The predicted octanol–water partition coefficient (Wildman–Crippen LogP) is 6.02. The lowest BCUT2D eigenvalue weighted by atomic mass is 9.78. The molecule has 0 N–H and O–H groups in total. The van der Waals surface area contributed by atoms with Crippen molar-refractivity contribution in [2.45, 2.75) is 58.5 Å². The van der Waals surface area contributed by atoms with Gasteiger partial charge in [0.05, 0.1) is 13.2 Å². The lowest BCUT2D eigenvalue weighted by molar-refractivity contribution is 0.148. The molecule has 1 saturated carbocycles. The Labute approximate surface area is 136 Å². The summed E-state index contributed by atoms with van der Waals surface area (Å²) in [5.74, 6) is 1.57. The maximum Gasteiger partial charge on any atom is 0.0721 e. The van der Waals surface area contributed by atoms with Crippen LogP contribution in [0.5, 0.6) is 0 Å². The van der Waals surface area contributed by atoms with E-state index in [4.69, 9.17) is 4.74 Å². The Morgan fingerprint density at radius 1 is 1.05 bits per heavy atom. The van der Waals surface area contributed by atoms with Crippen LogP contribution in [-0.4, -0.2) is 6.61 Å². The monoisotopic (exact) mass is 298 g/mol. The third-order valence-electron chi connectivity index (χ3n) is 4.59. The van der Waals surface area contributed by atoms with Crippen LogP contribution in [0.25, 0.3) is 0 Å². The average molecular weight is 298 g/mol. The van der Waals surface area contributed by atoms with Crippen molar-refractivity contribution >= 4 is 0 Å². The largest absolute Gasteiger partial charge is 0.373 e. The number of hydrogen-bond donors (Lipinski definition) is 0. The van der Waals surface area contributed by atoms with Crippen LogP contribution in [0.1, 0.15) is 63.0 Å². The first-order valence-electron chi connectivity index (χ1n) is 8.77. The SMILES string of the molecule is CC=CCOCc1ccc([C@H]2CC[C@H](C=CCC)CC2)cc1. The molecule has 0 radical (unpaired) electrons. The van der Waals surface area contributed by atoms with Crippen LogP contribution >= 0.6 is 0 Å². The zero-order chi connectivity index (χ0) is 15.6. The van der Waals surface area contributed by atoms with Gasteiger partial charge in [0.15, 0.2) is 0 Å². The van der Waals surface area contributed by atoms with Gasteiger partial charge >= 0.3 is 0 Å². The van der Waals surface area contributed by atoms with Crippen molar-refractivity contribution < 1.29 is 4.74 Å². The van der Waals surface area contributed by atoms with E-state index in [1.165, 1.54) is 36.8 Å². The molecule has 1 aliphatic carbocycles. The van der Waals surface area contributed by atoms with Crippen LogP contribution in [0.3, 0.4) is 0 Å². The van der Waals surface area contributed by atoms with Gasteiger partial charge in [0, 0.05) is 0 Å². The predicted molar refractivity (Wildman–Crippen MR) is 95.0 cm³/mol. The zero-order valence-electron chi connectivity index (χ0n) is 14.1. The highest BCUT2D eigenvalue weighted by Gasteiger charge is 2.20. The molecule has 2 rings (SSSR count). The summed E-state index contributed by atoms with van der Waals surface area (Å²) in [6, 6.07) is 9.07. The highest BCUT2D eigenvalue weighted by atomic mass is 16.5. The Morgan fingerprint density at radius 3 is 2.41 bits per heavy atom. The topological polar surface area (TPSA) is 9.23 Å². The summed E-state index contributed by atoms with van der Waals surface area (Å²) in [6.45, 7) is 5.64. The Hall–Kier alpha value is -1.34. The number of hydrogen-bond acceptors (Lipinski definition) is 1. The van der Waals surface area contributed by atoms with Gasteiger partial charge in [0.25, 0.3) is 0 Å². The Morgan fingerprint density at radius 2 is 1.77 bits per heavy atom. The summed E-state index contributed by atoms with van der Waals surface area (Å²) in [5, 5.41) is 0. The second kappa shape index (κ2) is 9.63. The van der Waals surface area contributed by atoms with E-state index in [2.05, 4.69) is 43.3 Å². The lowest BCUT2D eigenvalue weighted by Gasteiger charge is -2.27. The molecule has 1 nitrogen and oxygen atoms in total. The van der Waals surface area contributed by atoms with Gasteiger partial charge in [0.2, 0.25) is 0 Å². The second-order valence-electron chi connectivity index (χ2n) is 6.27. The Bertz CT molecular complexity index is 461. The maximum atomic E-state index is 5.60. The van der Waals surface area contributed by atoms with Gasteiger partial charge in [-0.05, 0) is 62.0 Å². The van der Waals surface area contributed by atoms with Crippen LogP contribution in [0.15, 0.2) is 48.6 Å². The highest BCUT2D eigenvalue weighted by molar-refractivity contribution is 5.25. The maximum absolute atomic E-state index is 5.60. The van der Waals surface area contributed by atoms with E-state index < -0.39 is 0 Å². The minimum absolute atomic E-state index is 0.702. The van der Waals surface area contributed by atoms with Crippen molar-refractivity contribution in [2.24, 2.45) is 5.92 Å². The quantitative estimate of drug-likeness (QED) is 0.442. The fourth-order valence-electron chi connectivity index (χ4n) is 3.20. The molecule has 0 bridgehead atoms. The van der Waals surface area contributed by atoms with Gasteiger partial charge in [-0.2, -0.15) is 0 Å². The molecule has 0 aromatic heterocycles. The molecule has 0 heterocycles. The highest BCUT2D eigenvalue weighted by Crippen LogP contribution is 2.36. The minimum atomic E-state index is 0.702. The van der Waals surface area contributed by atoms with Gasteiger partial charge in [-0.15, -0.1) is 0 Å². The second-order valence-corrected chi connectivity index (χ2v) is 6.27. The van der Waals surface area contributed by atoms with Crippen LogP contribution in [0.4, 0.5) is 0 Å². The third kappa shape index (κ3) is 5.46. The Kier molecular flexibility index (Phi) is 7.45. The number of rotatable bonds is 7. The fourth-order valence-corrected chi connectivity index (χ4v) is 3.20. The first kappa shape index (κ1) is 17.0. The first-order chi connectivity index (χ1) is 10.8. The van der Waals surface area contributed by atoms with Crippen molar-refractivity contribution in [1.29, 1.82) is 0 Å². The number of allylic oxidation sites excluding steroid dienone is 3. The van der Waals surface area contributed by atoms with Crippen LogP contribution in [-0.2, 0) is 11.3 Å². The van der Waals surface area contributed by atoms with Crippen LogP contribution < -0.4 is 0 Å². The van der Waals surface area contributed by atoms with E-state index in [9.17, 15) is 0 Å². The number of ether oxygens (including phenoxy) is 1. The average Bonchev–Trinajstić information content (AvgIpc) is 2.58. The van der Waals surface area contributed by atoms with E-state index >= 15 is 0 Å². The molecular formula is C21H30O. The molecule has 0 atom stereocenters. The van der Waals surface area contributed by atoms with Crippen molar-refractivity contribution in [3.63, 3.8) is 0 Å². The van der Waals surface area contributed by atoms with Gasteiger partial charge in [-0.25, -0.2) is 0 Å². The van der Waals surface area contributed by atoms with Gasteiger partial charge < -0.3 is 4.74 Å². The van der Waals surface area contributed by atoms with Crippen molar-refractivity contribution in [3.05, 3.63) is 59.7 Å². The molecule has 1 aromatic carbocycles. The van der Waals surface area contributed by atoms with Crippen LogP contribution in [0, 0.1) is 5.92 Å². The molecule has 0 aliphatic heterocycles. The molecule has 1 fully saturated rings. The molecule has 0 amide bonds. The van der Waals surface area contributed by atoms with Crippen molar-refractivity contribution in [3.8, 4) is 0 Å². The summed E-state index contributed by atoms with van der Waals surface area (Å²) in [6.07, 6.45) is 15.3. The van der Waals surface area contributed by atoms with E-state index in [0.29, 0.717) is 13.2 Å². The fraction of sp³-hybridized carbons (Fsp3) is 0.524. The standard InChI is InChI=1S/C21H30O/c1-3-5-7-18-8-12-20(13-9-18)21-14-10-19(11-15-21)17-22-16-6-4-2/h4-7,10-11,14-15,18,20H,3,8-9,12-13,16-17H2,1-2H3/t18-,20-. The molecule has 22 heavy (non-hydrogen) atoms. The molecule has 1 heteroatoms. The van der Waals surface area contributed by atoms with E-state index in [-0.39, 0.29) is 0 Å². The van der Waals surface area contributed by atoms with E-state index in [1.807, 2.05) is 19.1 Å². The molecule has 0 saturated heterocycles. The summed E-state index contributed by atoms with van der Waals surface area (Å²) < 4.78 is 5.60. The summed E-state index contributed by atoms with van der Waals surface area (Å²) in [7, 11) is 0. The number of benzene rings is 1. The van der Waals surface area contributed by atoms with E-state index in [1.54, 1.807) is 0 Å². The summed E-state index contributed by atoms with van der Waals surface area (Å²) in [5.41, 5.74) is 2.78. The molecular weight excluding hydrogens is 268 g/mol. The summed E-state index contributed by atoms with van der Waals surface area (Å²) in [4.78, 5) is 0. The van der Waals surface area contributed by atoms with Gasteiger partial charge in [0.1, 0.15) is 0 Å². The molecule has 120 valence electrons. The normalized spacial score (nSPS) is 22.6. The van der Waals surface area contributed by atoms with E-state index in [0.717, 1.165) is 18.3 Å². The first-order valence-corrected chi connectivity index (χ1v) is 8.77. The van der Waals surface area contributed by atoms with Crippen molar-refractivity contribution in [2.75, 3.05) is 6.61 Å².